The summed E-state index contributed by atoms with van der Waals surface area (Å²) in [5.41, 5.74) is 1.34. The molecule has 3 rings (SSSR count). The van der Waals surface area contributed by atoms with Gasteiger partial charge in [0.25, 0.3) is 0 Å². The highest BCUT2D eigenvalue weighted by Gasteiger charge is 2.41. The quantitative estimate of drug-likeness (QED) is 0.914. The molecule has 1 aromatic rings. The molecule has 0 saturated carbocycles. The van der Waals surface area contributed by atoms with Gasteiger partial charge >= 0.3 is 0 Å². The molecule has 0 aromatic carbocycles. The van der Waals surface area contributed by atoms with Crippen molar-refractivity contribution in [3.63, 3.8) is 0 Å². The monoisotopic (exact) mass is 279 g/mol. The SMILES string of the molecule is CNC(c1cnn(C)c1)C1CCOC2(CCOCC2)C1. The Bertz CT molecular complexity index is 435. The summed E-state index contributed by atoms with van der Waals surface area (Å²) in [5, 5.41) is 7.79. The number of nitrogens with zero attached hydrogens (tertiary/aromatic N) is 2. The van der Waals surface area contributed by atoms with Gasteiger partial charge in [-0.15, -0.1) is 0 Å². The van der Waals surface area contributed by atoms with Crippen LogP contribution in [-0.4, -0.2) is 42.2 Å². The number of rotatable bonds is 3. The summed E-state index contributed by atoms with van der Waals surface area (Å²) in [6.45, 7) is 2.54. The van der Waals surface area contributed by atoms with E-state index in [9.17, 15) is 0 Å². The fourth-order valence-corrected chi connectivity index (χ4v) is 3.72. The van der Waals surface area contributed by atoms with Crippen molar-refractivity contribution in [1.29, 1.82) is 0 Å². The van der Waals surface area contributed by atoms with Gasteiger partial charge in [-0.05, 0) is 38.6 Å². The van der Waals surface area contributed by atoms with E-state index >= 15 is 0 Å². The van der Waals surface area contributed by atoms with Gasteiger partial charge in [0.05, 0.1) is 11.8 Å². The van der Waals surface area contributed by atoms with Crippen molar-refractivity contribution in [2.75, 3.05) is 26.9 Å². The van der Waals surface area contributed by atoms with Crippen LogP contribution >= 0.6 is 0 Å². The molecule has 2 saturated heterocycles. The Labute approximate surface area is 120 Å². The highest BCUT2D eigenvalue weighted by atomic mass is 16.5. The number of hydrogen-bond acceptors (Lipinski definition) is 4. The van der Waals surface area contributed by atoms with Gasteiger partial charge in [0.1, 0.15) is 0 Å². The molecule has 0 radical (unpaired) electrons. The predicted octanol–water partition coefficient (Wildman–Crippen LogP) is 1.66. The lowest BCUT2D eigenvalue weighted by Crippen LogP contribution is -2.46. The molecular weight excluding hydrogens is 254 g/mol. The lowest BCUT2D eigenvalue weighted by molar-refractivity contribution is -0.150. The average molecular weight is 279 g/mol. The van der Waals surface area contributed by atoms with Gasteiger partial charge in [-0.2, -0.15) is 5.10 Å². The zero-order valence-electron chi connectivity index (χ0n) is 12.5. The minimum absolute atomic E-state index is 0.0540. The number of nitrogens with one attached hydrogen (secondary N) is 1. The number of hydrogen-bond donors (Lipinski definition) is 1. The molecule has 1 aromatic heterocycles. The summed E-state index contributed by atoms with van der Waals surface area (Å²) in [5.74, 6) is 0.607. The van der Waals surface area contributed by atoms with E-state index in [1.807, 2.05) is 25.0 Å². The van der Waals surface area contributed by atoms with E-state index in [4.69, 9.17) is 9.47 Å². The molecule has 5 nitrogen and oxygen atoms in total. The third kappa shape index (κ3) is 2.75. The summed E-state index contributed by atoms with van der Waals surface area (Å²) in [4.78, 5) is 0. The fourth-order valence-electron chi connectivity index (χ4n) is 3.72. The third-order valence-electron chi connectivity index (χ3n) is 4.80. The Morgan fingerprint density at radius 3 is 2.85 bits per heavy atom. The van der Waals surface area contributed by atoms with E-state index < -0.39 is 0 Å². The highest BCUT2D eigenvalue weighted by molar-refractivity contribution is 5.12. The Hall–Kier alpha value is -0.910. The Kier molecular flexibility index (Phi) is 4.10. The van der Waals surface area contributed by atoms with Gasteiger partial charge in [-0.25, -0.2) is 0 Å². The van der Waals surface area contributed by atoms with E-state index in [0.717, 1.165) is 45.5 Å². The molecule has 3 heterocycles. The first-order chi connectivity index (χ1) is 9.72. The van der Waals surface area contributed by atoms with E-state index in [1.54, 1.807) is 0 Å². The van der Waals surface area contributed by atoms with Crippen molar-refractivity contribution in [3.8, 4) is 0 Å². The van der Waals surface area contributed by atoms with Gasteiger partial charge in [-0.1, -0.05) is 0 Å². The topological polar surface area (TPSA) is 48.3 Å². The maximum atomic E-state index is 6.14. The first-order valence-electron chi connectivity index (χ1n) is 7.60. The molecule has 20 heavy (non-hydrogen) atoms. The molecule has 5 heteroatoms. The second-order valence-corrected chi connectivity index (χ2v) is 6.11. The van der Waals surface area contributed by atoms with Crippen molar-refractivity contribution in [2.45, 2.75) is 37.3 Å². The molecule has 2 aliphatic heterocycles. The van der Waals surface area contributed by atoms with Crippen molar-refractivity contribution in [1.82, 2.24) is 15.1 Å². The van der Waals surface area contributed by atoms with Gasteiger partial charge in [0.15, 0.2) is 0 Å². The summed E-state index contributed by atoms with van der Waals surface area (Å²) in [6.07, 6.45) is 8.40. The molecule has 0 aliphatic carbocycles. The molecule has 1 spiro atoms. The van der Waals surface area contributed by atoms with Crippen LogP contribution in [0.4, 0.5) is 0 Å². The van der Waals surface area contributed by atoms with Crippen LogP contribution in [0.2, 0.25) is 0 Å². The van der Waals surface area contributed by atoms with Crippen LogP contribution in [0.1, 0.15) is 37.3 Å². The lowest BCUT2D eigenvalue weighted by Gasteiger charge is -2.45. The van der Waals surface area contributed by atoms with E-state index in [-0.39, 0.29) is 5.60 Å². The second kappa shape index (κ2) is 5.84. The highest BCUT2D eigenvalue weighted by Crippen LogP contribution is 2.41. The van der Waals surface area contributed by atoms with Crippen molar-refractivity contribution in [2.24, 2.45) is 13.0 Å². The van der Waals surface area contributed by atoms with Crippen LogP contribution in [-0.2, 0) is 16.5 Å². The maximum Gasteiger partial charge on any atom is 0.0729 e. The summed E-state index contributed by atoms with van der Waals surface area (Å²) < 4.78 is 13.5. The van der Waals surface area contributed by atoms with Gasteiger partial charge < -0.3 is 14.8 Å². The fraction of sp³-hybridized carbons (Fsp3) is 0.800. The molecule has 0 amide bonds. The zero-order valence-corrected chi connectivity index (χ0v) is 12.5. The molecular formula is C15H25N3O2. The van der Waals surface area contributed by atoms with Gasteiger partial charge in [-0.3, -0.25) is 4.68 Å². The largest absolute Gasteiger partial charge is 0.381 e. The second-order valence-electron chi connectivity index (χ2n) is 6.11. The van der Waals surface area contributed by atoms with Crippen molar-refractivity contribution < 1.29 is 9.47 Å². The Morgan fingerprint density at radius 2 is 2.20 bits per heavy atom. The molecule has 2 fully saturated rings. The number of ether oxygens (including phenoxy) is 2. The van der Waals surface area contributed by atoms with Crippen LogP contribution in [0.3, 0.4) is 0 Å². The predicted molar refractivity (Wildman–Crippen MR) is 76.5 cm³/mol. The molecule has 2 unspecified atom stereocenters. The maximum absolute atomic E-state index is 6.14. The normalized spacial score (nSPS) is 27.6. The summed E-state index contributed by atoms with van der Waals surface area (Å²) >= 11 is 0. The minimum Gasteiger partial charge on any atom is -0.381 e. The molecule has 2 aliphatic rings. The smallest absolute Gasteiger partial charge is 0.0729 e. The molecule has 0 bridgehead atoms. The van der Waals surface area contributed by atoms with Crippen molar-refractivity contribution >= 4 is 0 Å². The Balaban J connectivity index is 1.74. The summed E-state index contributed by atoms with van der Waals surface area (Å²) in [7, 11) is 4.02. The lowest BCUT2D eigenvalue weighted by atomic mass is 9.76. The minimum atomic E-state index is 0.0540. The average Bonchev–Trinajstić information content (AvgIpc) is 2.87. The van der Waals surface area contributed by atoms with E-state index in [0.29, 0.717) is 12.0 Å². The summed E-state index contributed by atoms with van der Waals surface area (Å²) in [6, 6.07) is 0.368. The molecule has 1 N–H and O–H groups in total. The first kappa shape index (κ1) is 14.0. The van der Waals surface area contributed by atoms with E-state index in [2.05, 4.69) is 16.6 Å². The Morgan fingerprint density at radius 1 is 1.40 bits per heavy atom. The first-order valence-corrected chi connectivity index (χ1v) is 7.60. The van der Waals surface area contributed by atoms with Crippen molar-refractivity contribution in [3.05, 3.63) is 18.0 Å². The van der Waals surface area contributed by atoms with Crippen LogP contribution in [0.15, 0.2) is 12.4 Å². The van der Waals surface area contributed by atoms with Crippen LogP contribution < -0.4 is 5.32 Å². The van der Waals surface area contributed by atoms with Gasteiger partial charge in [0, 0.05) is 44.7 Å². The number of aromatic nitrogens is 2. The van der Waals surface area contributed by atoms with Crippen LogP contribution in [0.5, 0.6) is 0 Å². The van der Waals surface area contributed by atoms with Gasteiger partial charge in [0.2, 0.25) is 0 Å². The molecule has 112 valence electrons. The third-order valence-corrected chi connectivity index (χ3v) is 4.80. The number of aryl methyl sites for hydroxylation is 1. The zero-order chi connectivity index (χ0) is 14.0. The van der Waals surface area contributed by atoms with E-state index in [1.165, 1.54) is 5.56 Å². The van der Waals surface area contributed by atoms with Crippen LogP contribution in [0.25, 0.3) is 0 Å². The van der Waals surface area contributed by atoms with Crippen LogP contribution in [0, 0.1) is 5.92 Å². The molecule has 2 atom stereocenters. The standard InChI is InChI=1S/C15H25N3O2/c1-16-14(13-10-17-18(2)11-13)12-3-6-20-15(9-12)4-7-19-8-5-15/h10-12,14,16H,3-9H2,1-2H3.